The zero-order valence-corrected chi connectivity index (χ0v) is 18.5. The molecule has 152 valence electrons. The van der Waals surface area contributed by atoms with E-state index < -0.39 is 6.09 Å². The van der Waals surface area contributed by atoms with Crippen LogP contribution in [0, 0.1) is 0 Å². The fourth-order valence-electron chi connectivity index (χ4n) is 3.35. The maximum Gasteiger partial charge on any atom is 0.413 e. The molecule has 0 aliphatic rings. The van der Waals surface area contributed by atoms with Crippen molar-refractivity contribution in [2.45, 2.75) is 12.5 Å². The highest BCUT2D eigenvalue weighted by Crippen LogP contribution is 2.30. The molecule has 29 heavy (non-hydrogen) atoms. The van der Waals surface area contributed by atoms with Gasteiger partial charge in [-0.25, -0.2) is 4.79 Å². The van der Waals surface area contributed by atoms with Gasteiger partial charge in [0.25, 0.3) is 0 Å². The third-order valence-corrected chi connectivity index (χ3v) is 5.35. The van der Waals surface area contributed by atoms with Gasteiger partial charge < -0.3 is 14.6 Å². The van der Waals surface area contributed by atoms with Gasteiger partial charge in [-0.05, 0) is 49.8 Å². The summed E-state index contributed by atoms with van der Waals surface area (Å²) in [5, 5.41) is 2.82. The largest absolute Gasteiger partial charge is 0.413 e. The summed E-state index contributed by atoms with van der Waals surface area (Å²) in [5.41, 5.74) is 3.39. The van der Waals surface area contributed by atoms with Crippen molar-refractivity contribution in [2.75, 3.05) is 20.6 Å². The Morgan fingerprint density at radius 3 is 2.41 bits per heavy atom. The van der Waals surface area contributed by atoms with Gasteiger partial charge in [0.15, 0.2) is 0 Å². The van der Waals surface area contributed by atoms with Gasteiger partial charge >= 0.3 is 6.09 Å². The first kappa shape index (κ1) is 21.1. The molecule has 0 saturated heterocycles. The number of ether oxygens (including phenoxy) is 1. The Balaban J connectivity index is 1.66. The van der Waals surface area contributed by atoms with Gasteiger partial charge in [-0.2, -0.15) is 0 Å². The lowest BCUT2D eigenvalue weighted by Crippen LogP contribution is -2.29. The third kappa shape index (κ3) is 5.49. The lowest BCUT2D eigenvalue weighted by atomic mass is 10.0. The van der Waals surface area contributed by atoms with Crippen molar-refractivity contribution in [3.05, 3.63) is 88.0 Å². The number of amides is 1. The van der Waals surface area contributed by atoms with Gasteiger partial charge in [-0.15, -0.1) is 0 Å². The molecule has 0 fully saturated rings. The number of hydrogen-bond acceptors (Lipinski definition) is 3. The van der Waals surface area contributed by atoms with Gasteiger partial charge in [-0.3, -0.25) is 4.90 Å². The highest BCUT2D eigenvalue weighted by Gasteiger charge is 2.21. The zero-order chi connectivity index (χ0) is 20.8. The summed E-state index contributed by atoms with van der Waals surface area (Å²) in [6, 6.07) is 22.2. The predicted octanol–water partition coefficient (Wildman–Crippen LogP) is 4.77. The average molecular weight is 456 g/mol. The molecule has 1 heterocycles. The second kappa shape index (κ2) is 9.76. The van der Waals surface area contributed by atoms with E-state index in [4.69, 9.17) is 4.74 Å². The summed E-state index contributed by atoms with van der Waals surface area (Å²) in [6.45, 7) is 0.527. The molecule has 1 N–H and O–H groups in total. The molecule has 0 spiro atoms. The second-order valence-corrected chi connectivity index (χ2v) is 8.04. The van der Waals surface area contributed by atoms with E-state index in [0.717, 1.165) is 16.6 Å². The number of benzene rings is 2. The maximum absolute atomic E-state index is 12.2. The van der Waals surface area contributed by atoms with Crippen molar-refractivity contribution in [2.24, 2.45) is 7.05 Å². The van der Waals surface area contributed by atoms with Gasteiger partial charge in [0.2, 0.25) is 5.88 Å². The van der Waals surface area contributed by atoms with Crippen molar-refractivity contribution in [3.63, 3.8) is 0 Å². The Labute approximate surface area is 180 Å². The molecule has 0 saturated carbocycles. The summed E-state index contributed by atoms with van der Waals surface area (Å²) < 4.78 is 8.50. The minimum Gasteiger partial charge on any atom is -0.393 e. The Kier molecular flexibility index (Phi) is 7.12. The normalized spacial score (nSPS) is 12.0. The van der Waals surface area contributed by atoms with Crippen LogP contribution in [0.5, 0.6) is 5.88 Å². The fraction of sp³-hybridized carbons (Fsp3) is 0.261. The highest BCUT2D eigenvalue weighted by atomic mass is 79.9. The summed E-state index contributed by atoms with van der Waals surface area (Å²) in [4.78, 5) is 14.4. The van der Waals surface area contributed by atoms with Gasteiger partial charge in [0, 0.05) is 29.8 Å². The Bertz CT molecular complexity index is 937. The van der Waals surface area contributed by atoms with Crippen LogP contribution in [0.3, 0.4) is 0 Å². The van der Waals surface area contributed by atoms with Crippen molar-refractivity contribution < 1.29 is 9.53 Å². The molecule has 1 amide bonds. The first-order valence-corrected chi connectivity index (χ1v) is 10.3. The molecule has 3 aromatic rings. The van der Waals surface area contributed by atoms with E-state index >= 15 is 0 Å². The molecule has 0 aliphatic heterocycles. The summed E-state index contributed by atoms with van der Waals surface area (Å²) in [6.07, 6.45) is 0.319. The number of rotatable bonds is 7. The van der Waals surface area contributed by atoms with E-state index in [0.29, 0.717) is 12.4 Å². The lowest BCUT2D eigenvalue weighted by Gasteiger charge is -2.26. The molecular weight excluding hydrogens is 430 g/mol. The number of nitrogens with zero attached hydrogens (tertiary/aromatic N) is 2. The van der Waals surface area contributed by atoms with Crippen molar-refractivity contribution >= 4 is 22.0 Å². The van der Waals surface area contributed by atoms with Crippen LogP contribution in [-0.2, 0) is 13.5 Å². The summed E-state index contributed by atoms with van der Waals surface area (Å²) in [7, 11) is 5.99. The molecular formula is C23H26BrN3O2. The van der Waals surface area contributed by atoms with Crippen LogP contribution in [-0.4, -0.2) is 36.2 Å². The lowest BCUT2D eigenvalue weighted by molar-refractivity contribution is 0.196. The molecule has 0 bridgehead atoms. The molecule has 5 nitrogen and oxygen atoms in total. The minimum atomic E-state index is -0.446. The predicted molar refractivity (Wildman–Crippen MR) is 119 cm³/mol. The molecule has 0 aliphatic carbocycles. The molecule has 2 aromatic carbocycles. The molecule has 1 aromatic heterocycles. The van der Waals surface area contributed by atoms with Crippen LogP contribution in [0.4, 0.5) is 4.79 Å². The van der Waals surface area contributed by atoms with E-state index in [1.165, 1.54) is 11.1 Å². The van der Waals surface area contributed by atoms with Crippen molar-refractivity contribution in [3.8, 4) is 5.88 Å². The molecule has 1 atom stereocenters. The van der Waals surface area contributed by atoms with Crippen LogP contribution in [0.15, 0.2) is 71.2 Å². The quantitative estimate of drug-likeness (QED) is 0.557. The minimum absolute atomic E-state index is 0.0478. The monoisotopic (exact) mass is 455 g/mol. The van der Waals surface area contributed by atoms with Gasteiger partial charge in [0.1, 0.15) is 0 Å². The topological polar surface area (TPSA) is 46.5 Å². The number of carbonyl (C=O) groups excluding carboxylic acids is 1. The number of aromatic nitrogens is 1. The summed E-state index contributed by atoms with van der Waals surface area (Å²) in [5.74, 6) is 0.515. The fourth-order valence-corrected chi connectivity index (χ4v) is 3.61. The molecule has 3 rings (SSSR count). The van der Waals surface area contributed by atoms with Gasteiger partial charge in [-0.1, -0.05) is 58.4 Å². The van der Waals surface area contributed by atoms with Crippen molar-refractivity contribution in [1.82, 2.24) is 14.8 Å². The summed E-state index contributed by atoms with van der Waals surface area (Å²) >= 11 is 3.49. The second-order valence-electron chi connectivity index (χ2n) is 7.13. The number of carbonyl (C=O) groups is 1. The number of halogens is 1. The van der Waals surface area contributed by atoms with E-state index in [-0.39, 0.29) is 6.04 Å². The first-order valence-electron chi connectivity index (χ1n) is 9.53. The van der Waals surface area contributed by atoms with Crippen LogP contribution < -0.4 is 10.1 Å². The highest BCUT2D eigenvalue weighted by molar-refractivity contribution is 9.10. The SMILES string of the molecule is CN(C)C(c1ccc(Br)cc1)c1ccc(OC(=O)NCCc2ccccc2)n1C. The molecule has 6 heteroatoms. The molecule has 0 radical (unpaired) electrons. The maximum atomic E-state index is 12.2. The Morgan fingerprint density at radius 2 is 1.76 bits per heavy atom. The Hall–Kier alpha value is -2.57. The van der Waals surface area contributed by atoms with E-state index in [9.17, 15) is 4.79 Å². The van der Waals surface area contributed by atoms with E-state index in [1.807, 2.05) is 80.3 Å². The third-order valence-electron chi connectivity index (χ3n) is 4.82. The van der Waals surface area contributed by atoms with Crippen LogP contribution in [0.25, 0.3) is 0 Å². The van der Waals surface area contributed by atoms with E-state index in [1.54, 1.807) is 0 Å². The molecule has 1 unspecified atom stereocenters. The number of hydrogen-bond donors (Lipinski definition) is 1. The van der Waals surface area contributed by atoms with Crippen LogP contribution >= 0.6 is 15.9 Å². The smallest absolute Gasteiger partial charge is 0.393 e. The standard InChI is InChI=1S/C23H26BrN3O2/c1-26(2)22(18-9-11-19(24)12-10-18)20-13-14-21(27(20)3)29-23(28)25-16-15-17-7-5-4-6-8-17/h4-14,22H,15-16H2,1-3H3,(H,25,28). The van der Waals surface area contributed by atoms with E-state index in [2.05, 4.69) is 38.3 Å². The zero-order valence-electron chi connectivity index (χ0n) is 16.9. The van der Waals surface area contributed by atoms with Crippen LogP contribution in [0.1, 0.15) is 22.9 Å². The van der Waals surface area contributed by atoms with Crippen LogP contribution in [0.2, 0.25) is 0 Å². The van der Waals surface area contributed by atoms with Crippen molar-refractivity contribution in [1.29, 1.82) is 0 Å². The van der Waals surface area contributed by atoms with Gasteiger partial charge in [0.05, 0.1) is 6.04 Å². The Morgan fingerprint density at radius 1 is 1.07 bits per heavy atom. The first-order chi connectivity index (χ1) is 14.0. The number of nitrogens with one attached hydrogen (secondary N) is 1. The average Bonchev–Trinajstić information content (AvgIpc) is 3.04.